The Labute approximate surface area is 122 Å². The summed E-state index contributed by atoms with van der Waals surface area (Å²) in [5, 5.41) is 18.5. The van der Waals surface area contributed by atoms with Gasteiger partial charge in [-0.1, -0.05) is 12.1 Å². The molecule has 1 fully saturated rings. The third-order valence-electron chi connectivity index (χ3n) is 3.57. The third kappa shape index (κ3) is 4.11. The molecule has 1 saturated heterocycles. The molecule has 6 heteroatoms. The first kappa shape index (κ1) is 15.2. The average Bonchev–Trinajstić information content (AvgIpc) is 2.46. The highest BCUT2D eigenvalue weighted by Crippen LogP contribution is 2.25. The summed E-state index contributed by atoms with van der Waals surface area (Å²) in [7, 11) is 0. The van der Waals surface area contributed by atoms with Gasteiger partial charge in [-0.3, -0.25) is 9.59 Å². The van der Waals surface area contributed by atoms with Gasteiger partial charge in [0.1, 0.15) is 0 Å². The number of para-hydroxylation sites is 2. The Morgan fingerprint density at radius 1 is 1.29 bits per heavy atom. The van der Waals surface area contributed by atoms with Crippen molar-refractivity contribution in [3.63, 3.8) is 0 Å². The lowest BCUT2D eigenvalue weighted by atomic mass is 9.99. The van der Waals surface area contributed by atoms with E-state index in [1.54, 1.807) is 23.1 Å². The van der Waals surface area contributed by atoms with Crippen molar-refractivity contribution in [2.45, 2.75) is 31.7 Å². The van der Waals surface area contributed by atoms with Crippen molar-refractivity contribution in [2.75, 3.05) is 13.2 Å². The maximum Gasteiger partial charge on any atom is 0.305 e. The van der Waals surface area contributed by atoms with Crippen molar-refractivity contribution in [1.29, 1.82) is 0 Å². The Hall–Kier alpha value is -2.24. The van der Waals surface area contributed by atoms with Gasteiger partial charge >= 0.3 is 5.97 Å². The number of ether oxygens (including phenoxy) is 1. The molecule has 21 heavy (non-hydrogen) atoms. The number of carbonyl (C=O) groups excluding carboxylic acids is 1. The summed E-state index contributed by atoms with van der Waals surface area (Å²) in [6.45, 7) is 0.356. The fourth-order valence-corrected chi connectivity index (χ4v) is 2.54. The first-order valence-electron chi connectivity index (χ1n) is 7.00. The molecule has 1 aliphatic heterocycles. The number of piperidine rings is 1. The van der Waals surface area contributed by atoms with Gasteiger partial charge in [-0.2, -0.15) is 0 Å². The SMILES string of the molecule is O=C(O)CC1CCCCN1C(=O)COc1ccccc1O. The van der Waals surface area contributed by atoms with E-state index in [-0.39, 0.29) is 36.5 Å². The normalized spacial score (nSPS) is 18.3. The molecule has 1 unspecified atom stereocenters. The smallest absolute Gasteiger partial charge is 0.305 e. The van der Waals surface area contributed by atoms with E-state index < -0.39 is 5.97 Å². The molecule has 1 aromatic rings. The van der Waals surface area contributed by atoms with Crippen molar-refractivity contribution in [1.82, 2.24) is 4.90 Å². The summed E-state index contributed by atoms with van der Waals surface area (Å²) in [6.07, 6.45) is 2.47. The van der Waals surface area contributed by atoms with Crippen molar-refractivity contribution in [3.8, 4) is 11.5 Å². The molecule has 0 aliphatic carbocycles. The number of phenolic OH excluding ortho intramolecular Hbond substituents is 1. The van der Waals surface area contributed by atoms with Crippen LogP contribution in [0.15, 0.2) is 24.3 Å². The zero-order chi connectivity index (χ0) is 15.2. The maximum absolute atomic E-state index is 12.2. The van der Waals surface area contributed by atoms with E-state index in [1.807, 2.05) is 0 Å². The molecule has 6 nitrogen and oxygen atoms in total. The van der Waals surface area contributed by atoms with Crippen molar-refractivity contribution >= 4 is 11.9 Å². The predicted octanol–water partition coefficient (Wildman–Crippen LogP) is 1.63. The van der Waals surface area contributed by atoms with E-state index >= 15 is 0 Å². The van der Waals surface area contributed by atoms with Gasteiger partial charge in [0.25, 0.3) is 5.91 Å². The quantitative estimate of drug-likeness (QED) is 0.861. The van der Waals surface area contributed by atoms with Crippen LogP contribution in [0.25, 0.3) is 0 Å². The Morgan fingerprint density at radius 2 is 2.05 bits per heavy atom. The number of rotatable bonds is 5. The minimum Gasteiger partial charge on any atom is -0.504 e. The maximum atomic E-state index is 12.2. The molecular weight excluding hydrogens is 274 g/mol. The van der Waals surface area contributed by atoms with Gasteiger partial charge in [0.2, 0.25) is 0 Å². The van der Waals surface area contributed by atoms with Crippen LogP contribution in [0, 0.1) is 0 Å². The van der Waals surface area contributed by atoms with Crippen molar-refractivity contribution in [3.05, 3.63) is 24.3 Å². The molecule has 0 saturated carbocycles. The topological polar surface area (TPSA) is 87.1 Å². The molecule has 1 amide bonds. The van der Waals surface area contributed by atoms with Crippen molar-refractivity contribution in [2.24, 2.45) is 0 Å². The van der Waals surface area contributed by atoms with E-state index in [2.05, 4.69) is 0 Å². The van der Waals surface area contributed by atoms with Crippen LogP contribution in [0.4, 0.5) is 0 Å². The molecule has 0 bridgehead atoms. The number of likely N-dealkylation sites (tertiary alicyclic amines) is 1. The van der Waals surface area contributed by atoms with Crippen molar-refractivity contribution < 1.29 is 24.5 Å². The number of phenols is 1. The van der Waals surface area contributed by atoms with Gasteiger partial charge in [-0.15, -0.1) is 0 Å². The van der Waals surface area contributed by atoms with Crippen LogP contribution in [-0.2, 0) is 9.59 Å². The van der Waals surface area contributed by atoms with Gasteiger partial charge in [0, 0.05) is 12.6 Å². The highest BCUT2D eigenvalue weighted by atomic mass is 16.5. The summed E-state index contributed by atoms with van der Waals surface area (Å²) in [5.74, 6) is -0.922. The molecule has 1 atom stereocenters. The molecule has 0 radical (unpaired) electrons. The first-order chi connectivity index (χ1) is 10.1. The second-order valence-electron chi connectivity index (χ2n) is 5.09. The molecule has 114 valence electrons. The van der Waals surface area contributed by atoms with Crippen LogP contribution in [0.5, 0.6) is 11.5 Å². The van der Waals surface area contributed by atoms with Crippen LogP contribution in [0.2, 0.25) is 0 Å². The van der Waals surface area contributed by atoms with E-state index in [0.29, 0.717) is 13.0 Å². The lowest BCUT2D eigenvalue weighted by Gasteiger charge is -2.34. The standard InChI is InChI=1S/C15H19NO5/c17-12-6-1-2-7-13(12)21-10-14(18)16-8-4-3-5-11(16)9-15(19)20/h1-2,6-7,11,17H,3-5,8-10H2,(H,19,20). The zero-order valence-electron chi connectivity index (χ0n) is 11.7. The van der Waals surface area contributed by atoms with E-state index in [4.69, 9.17) is 9.84 Å². The van der Waals surface area contributed by atoms with Crippen LogP contribution >= 0.6 is 0 Å². The van der Waals surface area contributed by atoms with Crippen LogP contribution in [0.1, 0.15) is 25.7 Å². The third-order valence-corrected chi connectivity index (χ3v) is 3.57. The number of carbonyl (C=O) groups is 2. The average molecular weight is 293 g/mol. The van der Waals surface area contributed by atoms with Gasteiger partial charge in [0.15, 0.2) is 18.1 Å². The first-order valence-corrected chi connectivity index (χ1v) is 7.00. The summed E-state index contributed by atoms with van der Waals surface area (Å²) in [5.41, 5.74) is 0. The van der Waals surface area contributed by atoms with Gasteiger partial charge in [0.05, 0.1) is 6.42 Å². The van der Waals surface area contributed by atoms with Crippen LogP contribution in [-0.4, -0.2) is 46.2 Å². The molecule has 2 rings (SSSR count). The van der Waals surface area contributed by atoms with Gasteiger partial charge in [-0.05, 0) is 31.4 Å². The Morgan fingerprint density at radius 3 is 2.76 bits per heavy atom. The van der Waals surface area contributed by atoms with E-state index in [1.165, 1.54) is 6.07 Å². The van der Waals surface area contributed by atoms with Crippen LogP contribution in [0.3, 0.4) is 0 Å². The molecule has 0 spiro atoms. The fourth-order valence-electron chi connectivity index (χ4n) is 2.54. The number of amides is 1. The van der Waals surface area contributed by atoms with Crippen LogP contribution < -0.4 is 4.74 Å². The van der Waals surface area contributed by atoms with Gasteiger partial charge < -0.3 is 19.8 Å². The summed E-state index contributed by atoms with van der Waals surface area (Å²) in [4.78, 5) is 24.6. The molecule has 0 aromatic heterocycles. The number of aromatic hydroxyl groups is 1. The van der Waals surface area contributed by atoms with E-state index in [9.17, 15) is 14.7 Å². The molecular formula is C15H19NO5. The number of nitrogens with zero attached hydrogens (tertiary/aromatic N) is 1. The second-order valence-corrected chi connectivity index (χ2v) is 5.09. The number of benzene rings is 1. The summed E-state index contributed by atoms with van der Waals surface area (Å²) >= 11 is 0. The number of aliphatic carboxylic acids is 1. The summed E-state index contributed by atoms with van der Waals surface area (Å²) < 4.78 is 5.32. The number of carboxylic acids is 1. The predicted molar refractivity (Wildman–Crippen MR) is 75.2 cm³/mol. The molecule has 1 heterocycles. The Bertz CT molecular complexity index is 517. The number of hydrogen-bond acceptors (Lipinski definition) is 4. The monoisotopic (exact) mass is 293 g/mol. The zero-order valence-corrected chi connectivity index (χ0v) is 11.7. The number of carboxylic acid groups (broad SMARTS) is 1. The second kappa shape index (κ2) is 6.97. The van der Waals surface area contributed by atoms with Gasteiger partial charge in [-0.25, -0.2) is 0 Å². The molecule has 1 aliphatic rings. The summed E-state index contributed by atoms with van der Waals surface area (Å²) in [6, 6.07) is 6.16. The number of hydrogen-bond donors (Lipinski definition) is 2. The molecule has 2 N–H and O–H groups in total. The largest absolute Gasteiger partial charge is 0.504 e. The van der Waals surface area contributed by atoms with E-state index in [0.717, 1.165) is 12.8 Å². The highest BCUT2D eigenvalue weighted by Gasteiger charge is 2.28. The Balaban J connectivity index is 1.94. The highest BCUT2D eigenvalue weighted by molar-refractivity contribution is 5.79. The lowest BCUT2D eigenvalue weighted by molar-refractivity contribution is -0.142. The fraction of sp³-hybridized carbons (Fsp3) is 0.467. The molecule has 1 aromatic carbocycles. The Kier molecular flexibility index (Phi) is 5.03. The minimum atomic E-state index is -0.902. The minimum absolute atomic E-state index is 0.0222. The lowest BCUT2D eigenvalue weighted by Crippen LogP contribution is -2.46.